The summed E-state index contributed by atoms with van der Waals surface area (Å²) in [5, 5.41) is 4.12. The molecule has 0 aromatic heterocycles. The van der Waals surface area contributed by atoms with E-state index in [-0.39, 0.29) is 24.3 Å². The first kappa shape index (κ1) is 25.7. The second-order valence-electron chi connectivity index (χ2n) is 11.3. The van der Waals surface area contributed by atoms with Crippen LogP contribution < -0.4 is 16.0 Å². The number of rotatable bonds is 7. The highest BCUT2D eigenvalue weighted by atomic mass is 19.1. The number of hydrogen-bond donors (Lipinski definition) is 2. The average Bonchev–Trinajstić information content (AvgIpc) is 3.20. The highest BCUT2D eigenvalue weighted by Gasteiger charge is 2.41. The van der Waals surface area contributed by atoms with Crippen molar-refractivity contribution in [1.82, 2.24) is 10.2 Å². The number of piperidine rings is 2. The van der Waals surface area contributed by atoms with Crippen LogP contribution >= 0.6 is 0 Å². The zero-order valence-corrected chi connectivity index (χ0v) is 22.0. The van der Waals surface area contributed by atoms with E-state index >= 15 is 0 Å². The first-order chi connectivity index (χ1) is 18.8. The van der Waals surface area contributed by atoms with E-state index in [9.17, 15) is 18.8 Å². The van der Waals surface area contributed by atoms with E-state index in [2.05, 4.69) is 10.2 Å². The van der Waals surface area contributed by atoms with Crippen molar-refractivity contribution in [3.05, 3.63) is 53.2 Å². The summed E-state index contributed by atoms with van der Waals surface area (Å²) in [7, 11) is 0. The van der Waals surface area contributed by atoms with E-state index in [4.69, 9.17) is 10.7 Å². The van der Waals surface area contributed by atoms with Crippen LogP contribution in [0.15, 0.2) is 47.1 Å². The van der Waals surface area contributed by atoms with Gasteiger partial charge in [-0.2, -0.15) is 0 Å². The first-order valence-corrected chi connectivity index (χ1v) is 13.9. The summed E-state index contributed by atoms with van der Waals surface area (Å²) in [5.41, 5.74) is 8.16. The molecule has 2 aromatic rings. The van der Waals surface area contributed by atoms with Crippen molar-refractivity contribution >= 4 is 40.4 Å². The van der Waals surface area contributed by atoms with Crippen LogP contribution in [0.5, 0.6) is 0 Å². The highest BCUT2D eigenvalue weighted by Crippen LogP contribution is 2.41. The molecule has 0 bridgehead atoms. The smallest absolute Gasteiger partial charge is 0.259 e. The zero-order valence-electron chi connectivity index (χ0n) is 22.0. The Morgan fingerprint density at radius 2 is 1.92 bits per heavy atom. The number of allylic oxidation sites excluding steroid dienone is 1. The van der Waals surface area contributed by atoms with Gasteiger partial charge in [0.1, 0.15) is 11.7 Å². The van der Waals surface area contributed by atoms with Crippen LogP contribution in [0.25, 0.3) is 10.8 Å². The molecule has 9 heteroatoms. The van der Waals surface area contributed by atoms with Crippen molar-refractivity contribution < 1.29 is 18.8 Å². The predicted molar refractivity (Wildman–Crippen MR) is 149 cm³/mol. The summed E-state index contributed by atoms with van der Waals surface area (Å²) in [6.45, 7) is 2.27. The first-order valence-electron chi connectivity index (χ1n) is 13.9. The number of nitrogens with one attached hydrogen (secondary N) is 1. The number of aliphatic imine (C=N–C) groups is 1. The van der Waals surface area contributed by atoms with Crippen molar-refractivity contribution in [1.29, 1.82) is 0 Å². The molecule has 0 spiro atoms. The number of imide groups is 1. The molecule has 3 amide bonds. The summed E-state index contributed by atoms with van der Waals surface area (Å²) in [6.07, 6.45) is 8.68. The third kappa shape index (κ3) is 4.84. The van der Waals surface area contributed by atoms with Crippen LogP contribution in [0, 0.1) is 0 Å². The lowest BCUT2D eigenvalue weighted by Crippen LogP contribution is -2.53. The number of amides is 3. The van der Waals surface area contributed by atoms with Crippen LogP contribution in [-0.2, 0) is 16.0 Å². The molecule has 1 saturated carbocycles. The molecule has 8 nitrogen and oxygen atoms in total. The van der Waals surface area contributed by atoms with E-state index in [0.29, 0.717) is 43.5 Å². The fourth-order valence-electron chi connectivity index (χ4n) is 6.37. The Kier molecular flexibility index (Phi) is 6.71. The van der Waals surface area contributed by atoms with Crippen molar-refractivity contribution in [2.75, 3.05) is 24.5 Å². The van der Waals surface area contributed by atoms with Gasteiger partial charge in [-0.05, 0) is 73.4 Å². The van der Waals surface area contributed by atoms with E-state index in [1.54, 1.807) is 12.3 Å². The Morgan fingerprint density at radius 3 is 2.62 bits per heavy atom. The van der Waals surface area contributed by atoms with Gasteiger partial charge in [0.05, 0.1) is 11.7 Å². The van der Waals surface area contributed by atoms with Gasteiger partial charge in [0, 0.05) is 49.6 Å². The molecular formula is C30H34FN5O3. The standard InChI is InChI=1S/C30H34FN5O3/c31-30(11-2-12-30)18-35-13-9-21(10-14-35)33-17-19(16-32)15-20-5-6-24-27-22(20)3-1-4-23(27)29(39)36(24)25-7-8-26(37)34-28(25)38/h1,3-6,16-17,21,25H,2,7-15,18,32H2,(H,34,37,38)/b19-16-,33-17?. The molecule has 3 aliphatic heterocycles. The van der Waals surface area contributed by atoms with Crippen LogP contribution in [0.1, 0.15) is 60.9 Å². The number of alkyl halides is 1. The summed E-state index contributed by atoms with van der Waals surface area (Å²) < 4.78 is 14.5. The number of benzene rings is 2. The van der Waals surface area contributed by atoms with Gasteiger partial charge in [-0.3, -0.25) is 29.6 Å². The van der Waals surface area contributed by atoms with Crippen LogP contribution in [-0.4, -0.2) is 66.2 Å². The van der Waals surface area contributed by atoms with Gasteiger partial charge in [-0.25, -0.2) is 4.39 Å². The van der Waals surface area contributed by atoms with Gasteiger partial charge < -0.3 is 10.6 Å². The lowest BCUT2D eigenvalue weighted by atomic mass is 9.81. The number of likely N-dealkylation sites (tertiary alicyclic amines) is 1. The summed E-state index contributed by atoms with van der Waals surface area (Å²) in [6, 6.07) is 8.97. The number of carbonyl (C=O) groups excluding carboxylic acids is 3. The topological polar surface area (TPSA) is 108 Å². The number of carbonyl (C=O) groups is 3. The quantitative estimate of drug-likeness (QED) is 0.421. The fraction of sp³-hybridized carbons (Fsp3) is 0.467. The molecule has 1 atom stereocenters. The number of nitrogens with zero attached hydrogens (tertiary/aromatic N) is 3. The molecule has 1 unspecified atom stereocenters. The molecule has 3 fully saturated rings. The largest absolute Gasteiger partial charge is 0.404 e. The Hall–Kier alpha value is -3.59. The molecule has 4 aliphatic rings. The van der Waals surface area contributed by atoms with E-state index in [1.807, 2.05) is 30.5 Å². The number of anilines is 1. The minimum Gasteiger partial charge on any atom is -0.404 e. The van der Waals surface area contributed by atoms with Crippen molar-refractivity contribution in [2.45, 2.75) is 69.1 Å². The summed E-state index contributed by atoms with van der Waals surface area (Å²) >= 11 is 0. The van der Waals surface area contributed by atoms with Gasteiger partial charge in [0.25, 0.3) is 5.91 Å². The molecule has 3 N–H and O–H groups in total. The maximum atomic E-state index is 14.5. The molecule has 0 radical (unpaired) electrons. The maximum Gasteiger partial charge on any atom is 0.259 e. The normalized spacial score (nSPS) is 24.0. The van der Waals surface area contributed by atoms with Gasteiger partial charge in [-0.15, -0.1) is 0 Å². The third-order valence-electron chi connectivity index (χ3n) is 8.71. The minimum atomic E-state index is -0.977. The van der Waals surface area contributed by atoms with Gasteiger partial charge in [-0.1, -0.05) is 18.2 Å². The minimum absolute atomic E-state index is 0.195. The van der Waals surface area contributed by atoms with Crippen molar-refractivity contribution in [3.63, 3.8) is 0 Å². The third-order valence-corrected chi connectivity index (χ3v) is 8.71. The van der Waals surface area contributed by atoms with E-state index in [1.165, 1.54) is 4.90 Å². The van der Waals surface area contributed by atoms with Crippen molar-refractivity contribution in [3.8, 4) is 0 Å². The lowest BCUT2D eigenvalue weighted by molar-refractivity contribution is -0.134. The Labute approximate surface area is 227 Å². The molecular weight excluding hydrogens is 497 g/mol. The Bertz CT molecular complexity index is 1390. The molecule has 2 aromatic carbocycles. The molecule has 39 heavy (non-hydrogen) atoms. The van der Waals surface area contributed by atoms with Crippen LogP contribution in [0.4, 0.5) is 10.1 Å². The average molecular weight is 532 g/mol. The van der Waals surface area contributed by atoms with Gasteiger partial charge in [0.15, 0.2) is 0 Å². The second kappa shape index (κ2) is 10.2. The van der Waals surface area contributed by atoms with Crippen LogP contribution in [0.2, 0.25) is 0 Å². The number of nitrogens with two attached hydrogens (primary N) is 1. The highest BCUT2D eigenvalue weighted by molar-refractivity contribution is 6.27. The molecule has 2 saturated heterocycles. The monoisotopic (exact) mass is 531 g/mol. The molecule has 3 heterocycles. The summed E-state index contributed by atoms with van der Waals surface area (Å²) in [4.78, 5) is 46.2. The predicted octanol–water partition coefficient (Wildman–Crippen LogP) is 3.42. The molecule has 6 rings (SSSR count). The molecule has 204 valence electrons. The van der Waals surface area contributed by atoms with Gasteiger partial charge in [0.2, 0.25) is 11.8 Å². The lowest BCUT2D eigenvalue weighted by Gasteiger charge is -2.40. The molecule has 1 aliphatic carbocycles. The van der Waals surface area contributed by atoms with Crippen molar-refractivity contribution in [2.24, 2.45) is 10.7 Å². The maximum absolute atomic E-state index is 14.5. The van der Waals surface area contributed by atoms with Gasteiger partial charge >= 0.3 is 0 Å². The second-order valence-corrected chi connectivity index (χ2v) is 11.3. The summed E-state index contributed by atoms with van der Waals surface area (Å²) in [5.74, 6) is -0.968. The SMILES string of the molecule is N/C=C(\C=NC1CCN(CC2(F)CCC2)CC1)Cc1ccc2c3c(cccc13)C(=O)N2C1CCC(=O)NC1=O. The number of halogens is 1. The fourth-order valence-corrected chi connectivity index (χ4v) is 6.37. The van der Waals surface area contributed by atoms with Crippen LogP contribution in [0.3, 0.4) is 0 Å². The zero-order chi connectivity index (χ0) is 27.1. The number of hydrogen-bond acceptors (Lipinski definition) is 6. The van der Waals surface area contributed by atoms with E-state index in [0.717, 1.165) is 54.3 Å². The van der Waals surface area contributed by atoms with E-state index < -0.39 is 17.6 Å². The Morgan fingerprint density at radius 1 is 1.13 bits per heavy atom. The Balaban J connectivity index is 1.16.